The first kappa shape index (κ1) is 28.7. The van der Waals surface area contributed by atoms with Crippen molar-refractivity contribution in [3.63, 3.8) is 0 Å². The molecule has 3 heterocycles. The molecular formula is C31H45N3O4S. The van der Waals surface area contributed by atoms with Crippen LogP contribution in [0.15, 0.2) is 29.2 Å². The fraction of sp³-hybridized carbons (Fsp3) is 0.677. The predicted molar refractivity (Wildman–Crippen MR) is 157 cm³/mol. The lowest BCUT2D eigenvalue weighted by Crippen LogP contribution is -2.61. The molecule has 3 aliphatic heterocycles. The normalized spacial score (nSPS) is 32.5. The molecule has 1 aromatic carbocycles. The quantitative estimate of drug-likeness (QED) is 0.333. The maximum Gasteiger partial charge on any atom is 0.290 e. The first-order valence-electron chi connectivity index (χ1n) is 14.9. The lowest BCUT2D eigenvalue weighted by molar-refractivity contribution is -0.115. The number of rotatable bonds is 8. The first-order valence-corrected chi connectivity index (χ1v) is 15.7. The van der Waals surface area contributed by atoms with Crippen LogP contribution in [0, 0.1) is 11.8 Å². The lowest BCUT2D eigenvalue weighted by Gasteiger charge is -2.51. The van der Waals surface area contributed by atoms with Crippen LogP contribution in [0.5, 0.6) is 5.75 Å². The summed E-state index contributed by atoms with van der Waals surface area (Å²) in [6, 6.07) is 9.41. The van der Waals surface area contributed by atoms with Gasteiger partial charge >= 0.3 is 0 Å². The summed E-state index contributed by atoms with van der Waals surface area (Å²) in [5.41, 5.74) is 0.879. The third-order valence-corrected chi connectivity index (χ3v) is 10.2. The van der Waals surface area contributed by atoms with Crippen molar-refractivity contribution >= 4 is 29.0 Å². The molecule has 4 aliphatic rings. The molecule has 8 heteroatoms. The van der Waals surface area contributed by atoms with E-state index in [9.17, 15) is 9.59 Å². The number of ether oxygens (including phenoxy) is 2. The van der Waals surface area contributed by atoms with Gasteiger partial charge in [-0.05, 0) is 79.6 Å². The summed E-state index contributed by atoms with van der Waals surface area (Å²) in [4.78, 5) is 29.2. The Labute approximate surface area is 238 Å². The van der Waals surface area contributed by atoms with E-state index in [1.165, 1.54) is 51.4 Å². The highest BCUT2D eigenvalue weighted by atomic mass is 32.2. The summed E-state index contributed by atoms with van der Waals surface area (Å²) in [6.45, 7) is 8.84. The van der Waals surface area contributed by atoms with Gasteiger partial charge in [-0.3, -0.25) is 24.7 Å². The van der Waals surface area contributed by atoms with Gasteiger partial charge in [0.1, 0.15) is 12.4 Å². The largest absolute Gasteiger partial charge is 0.492 e. The molecule has 3 saturated heterocycles. The van der Waals surface area contributed by atoms with E-state index in [1.807, 2.05) is 31.4 Å². The number of imide groups is 1. The number of likely N-dealkylation sites (tertiary alicyclic amines) is 2. The van der Waals surface area contributed by atoms with Crippen molar-refractivity contribution in [2.45, 2.75) is 89.4 Å². The number of benzene rings is 1. The molecule has 2 amide bonds. The second-order valence-corrected chi connectivity index (χ2v) is 13.0. The van der Waals surface area contributed by atoms with Gasteiger partial charge in [0.15, 0.2) is 0 Å². The van der Waals surface area contributed by atoms with E-state index in [4.69, 9.17) is 9.47 Å². The first-order chi connectivity index (χ1) is 18.9. The molecule has 5 unspecified atom stereocenters. The Kier molecular flexibility index (Phi) is 9.69. The molecule has 0 aromatic heterocycles. The molecule has 0 bridgehead atoms. The molecular weight excluding hydrogens is 510 g/mol. The van der Waals surface area contributed by atoms with Crippen molar-refractivity contribution in [3.05, 3.63) is 34.7 Å². The third-order valence-electron chi connectivity index (χ3n) is 9.36. The highest BCUT2D eigenvalue weighted by molar-refractivity contribution is 8.18. The highest BCUT2D eigenvalue weighted by Crippen LogP contribution is 2.36. The number of amides is 2. The standard InChI is InChI=1S/C31H45N3O4S/c1-21-18-34(24-9-6-4-5-7-10-24)27(22(2)29(21)37-3)19-33-16-8-11-25(33)20-38-26-14-12-23(13-15-26)17-28-30(35)32-31(36)39-28/h12-15,17,21-22,24-25,27,29H,4-11,16,18-20H2,1-3H3,(H,32,35,36)/b28-17+. The monoisotopic (exact) mass is 555 g/mol. The van der Waals surface area contributed by atoms with Crippen LogP contribution < -0.4 is 10.1 Å². The van der Waals surface area contributed by atoms with Crippen LogP contribution in [0.1, 0.15) is 70.8 Å². The van der Waals surface area contributed by atoms with E-state index in [1.54, 1.807) is 6.08 Å². The maximum absolute atomic E-state index is 11.8. The van der Waals surface area contributed by atoms with Gasteiger partial charge in [-0.25, -0.2) is 0 Å². The van der Waals surface area contributed by atoms with Crippen molar-refractivity contribution in [2.24, 2.45) is 11.8 Å². The van der Waals surface area contributed by atoms with Crippen molar-refractivity contribution in [2.75, 3.05) is 33.4 Å². The Morgan fingerprint density at radius 2 is 1.77 bits per heavy atom. The van der Waals surface area contributed by atoms with Crippen molar-refractivity contribution in [1.29, 1.82) is 0 Å². The average Bonchev–Trinajstić information content (AvgIpc) is 3.38. The third kappa shape index (κ3) is 6.89. The molecule has 1 aliphatic carbocycles. The van der Waals surface area contributed by atoms with Gasteiger partial charge in [-0.1, -0.05) is 51.7 Å². The molecule has 1 saturated carbocycles. The van der Waals surface area contributed by atoms with E-state index < -0.39 is 0 Å². The molecule has 1 N–H and O–H groups in total. The van der Waals surface area contributed by atoms with E-state index >= 15 is 0 Å². The van der Waals surface area contributed by atoms with E-state index in [2.05, 4.69) is 29.0 Å². The Hall–Kier alpha value is -1.87. The molecule has 39 heavy (non-hydrogen) atoms. The molecule has 214 valence electrons. The van der Waals surface area contributed by atoms with Gasteiger partial charge in [0, 0.05) is 38.3 Å². The minimum atomic E-state index is -0.331. The zero-order chi connectivity index (χ0) is 27.4. The number of nitrogens with one attached hydrogen (secondary N) is 1. The Morgan fingerprint density at radius 1 is 1.03 bits per heavy atom. The van der Waals surface area contributed by atoms with Crippen molar-refractivity contribution in [1.82, 2.24) is 15.1 Å². The van der Waals surface area contributed by atoms with E-state index in [0.717, 1.165) is 42.7 Å². The maximum atomic E-state index is 11.8. The molecule has 5 rings (SSSR count). The summed E-state index contributed by atoms with van der Waals surface area (Å²) in [5.74, 6) is 1.56. The average molecular weight is 556 g/mol. The number of hydrogen-bond donors (Lipinski definition) is 1. The fourth-order valence-corrected chi connectivity index (χ4v) is 8.01. The number of carbonyl (C=O) groups is 2. The Morgan fingerprint density at radius 3 is 2.44 bits per heavy atom. The number of hydrogen-bond acceptors (Lipinski definition) is 7. The van der Waals surface area contributed by atoms with Gasteiger partial charge in [-0.15, -0.1) is 0 Å². The second-order valence-electron chi connectivity index (χ2n) is 12.0. The lowest BCUT2D eigenvalue weighted by atomic mass is 9.80. The number of methoxy groups -OCH3 is 1. The summed E-state index contributed by atoms with van der Waals surface area (Å²) < 4.78 is 12.3. The summed E-state index contributed by atoms with van der Waals surface area (Å²) in [5, 5.41) is 1.98. The van der Waals surface area contributed by atoms with Crippen LogP contribution in [0.3, 0.4) is 0 Å². The van der Waals surface area contributed by atoms with E-state index in [-0.39, 0.29) is 11.1 Å². The van der Waals surface area contributed by atoms with Crippen LogP contribution in [-0.2, 0) is 9.53 Å². The molecule has 4 fully saturated rings. The van der Waals surface area contributed by atoms with Gasteiger partial charge in [0.2, 0.25) is 0 Å². The fourth-order valence-electron chi connectivity index (χ4n) is 7.33. The van der Waals surface area contributed by atoms with Crippen molar-refractivity contribution < 1.29 is 19.1 Å². The SMILES string of the molecule is COC1C(C)CN(C2CCCCCC2)C(CN2CCCC2COc2ccc(/C=C3/SC(=O)NC3=O)cc2)C1C. The number of piperidine rings is 1. The summed E-state index contributed by atoms with van der Waals surface area (Å²) in [6.07, 6.45) is 12.6. The number of carbonyl (C=O) groups excluding carboxylic acids is 2. The van der Waals surface area contributed by atoms with E-state index in [0.29, 0.717) is 47.6 Å². The molecule has 1 aromatic rings. The van der Waals surface area contributed by atoms with Crippen LogP contribution in [0.2, 0.25) is 0 Å². The second kappa shape index (κ2) is 13.2. The number of thioether (sulfide) groups is 1. The van der Waals surface area contributed by atoms with Crippen LogP contribution >= 0.6 is 11.8 Å². The van der Waals surface area contributed by atoms with Gasteiger partial charge in [-0.2, -0.15) is 0 Å². The highest BCUT2D eigenvalue weighted by Gasteiger charge is 2.43. The topological polar surface area (TPSA) is 71.1 Å². The zero-order valence-corrected chi connectivity index (χ0v) is 24.6. The van der Waals surface area contributed by atoms with Gasteiger partial charge < -0.3 is 9.47 Å². The Balaban J connectivity index is 1.21. The molecule has 0 spiro atoms. The molecule has 7 nitrogen and oxygen atoms in total. The van der Waals surface area contributed by atoms with Crippen LogP contribution in [0.25, 0.3) is 6.08 Å². The molecule has 5 atom stereocenters. The predicted octanol–water partition coefficient (Wildman–Crippen LogP) is 5.55. The van der Waals surface area contributed by atoms with Crippen LogP contribution in [-0.4, -0.2) is 78.5 Å². The smallest absolute Gasteiger partial charge is 0.290 e. The summed E-state index contributed by atoms with van der Waals surface area (Å²) >= 11 is 0.939. The minimum Gasteiger partial charge on any atom is -0.492 e. The number of nitrogens with zero attached hydrogens (tertiary/aromatic N) is 2. The summed E-state index contributed by atoms with van der Waals surface area (Å²) in [7, 11) is 1.89. The zero-order valence-electron chi connectivity index (χ0n) is 23.8. The van der Waals surface area contributed by atoms with Gasteiger partial charge in [0.25, 0.3) is 11.1 Å². The minimum absolute atomic E-state index is 0.314. The van der Waals surface area contributed by atoms with Crippen molar-refractivity contribution in [3.8, 4) is 5.75 Å². The van der Waals surface area contributed by atoms with Gasteiger partial charge in [0.05, 0.1) is 11.0 Å². The van der Waals surface area contributed by atoms with Crippen LogP contribution in [0.4, 0.5) is 4.79 Å². The Bertz CT molecular complexity index is 1020. The molecule has 0 radical (unpaired) electrons.